The molecule has 8 nitrogen and oxygen atoms in total. The first kappa shape index (κ1) is 23.2. The highest BCUT2D eigenvalue weighted by atomic mass is 32.2. The predicted molar refractivity (Wildman–Crippen MR) is 133 cm³/mol. The van der Waals surface area contributed by atoms with Crippen LogP contribution in [0.1, 0.15) is 35.7 Å². The highest BCUT2D eigenvalue weighted by Gasteiger charge is 2.20. The summed E-state index contributed by atoms with van der Waals surface area (Å²) < 4.78 is 1.98. The Morgan fingerprint density at radius 1 is 1.03 bits per heavy atom. The molecule has 3 N–H and O–H groups in total. The van der Waals surface area contributed by atoms with Crippen LogP contribution in [0.2, 0.25) is 0 Å². The van der Waals surface area contributed by atoms with Crippen molar-refractivity contribution in [2.24, 2.45) is 5.73 Å². The van der Waals surface area contributed by atoms with Gasteiger partial charge in [-0.05, 0) is 53.9 Å². The minimum Gasteiger partial charge on any atom is -0.366 e. The SMILES string of the molecule is CC(C)c1ccccc1-n1c(SCC(=O)Nc2ccc(C(N)=O)cc2)nnc1-c1cccnc1. The van der Waals surface area contributed by atoms with Gasteiger partial charge in [0.1, 0.15) is 0 Å². The molecule has 0 saturated heterocycles. The first-order chi connectivity index (χ1) is 16.4. The van der Waals surface area contributed by atoms with Gasteiger partial charge in [-0.25, -0.2) is 0 Å². The zero-order valence-electron chi connectivity index (χ0n) is 18.8. The Bertz CT molecular complexity index is 1300. The second-order valence-electron chi connectivity index (χ2n) is 7.88. The van der Waals surface area contributed by atoms with Crippen molar-refractivity contribution in [1.29, 1.82) is 0 Å². The van der Waals surface area contributed by atoms with E-state index >= 15 is 0 Å². The molecule has 0 aliphatic heterocycles. The molecular weight excluding hydrogens is 448 g/mol. The normalized spacial score (nSPS) is 10.9. The predicted octanol–water partition coefficient (Wildman–Crippen LogP) is 4.28. The summed E-state index contributed by atoms with van der Waals surface area (Å²) in [5.74, 6) is 0.355. The highest BCUT2D eigenvalue weighted by Crippen LogP contribution is 2.32. The molecule has 4 rings (SSSR count). The van der Waals surface area contributed by atoms with Gasteiger partial charge in [0, 0.05) is 29.2 Å². The summed E-state index contributed by atoms with van der Waals surface area (Å²) >= 11 is 1.30. The monoisotopic (exact) mass is 472 g/mol. The third-order valence-corrected chi connectivity index (χ3v) is 6.07. The van der Waals surface area contributed by atoms with Crippen LogP contribution in [-0.4, -0.2) is 37.3 Å². The van der Waals surface area contributed by atoms with E-state index in [4.69, 9.17) is 5.73 Å². The summed E-state index contributed by atoms with van der Waals surface area (Å²) in [5, 5.41) is 12.3. The fourth-order valence-corrected chi connectivity index (χ4v) is 4.23. The minimum absolute atomic E-state index is 0.132. The molecule has 2 amide bonds. The molecule has 0 aliphatic rings. The molecule has 0 fully saturated rings. The van der Waals surface area contributed by atoms with Crippen molar-refractivity contribution < 1.29 is 9.59 Å². The van der Waals surface area contributed by atoms with E-state index in [1.54, 1.807) is 36.7 Å². The van der Waals surface area contributed by atoms with Gasteiger partial charge >= 0.3 is 0 Å². The molecule has 172 valence electrons. The number of aromatic nitrogens is 4. The molecule has 0 spiro atoms. The fourth-order valence-electron chi connectivity index (χ4n) is 3.49. The molecule has 9 heteroatoms. The van der Waals surface area contributed by atoms with Gasteiger partial charge in [0.15, 0.2) is 11.0 Å². The lowest BCUT2D eigenvalue weighted by molar-refractivity contribution is -0.113. The Labute approximate surface area is 201 Å². The number of nitrogens with two attached hydrogens (primary N) is 1. The highest BCUT2D eigenvalue weighted by molar-refractivity contribution is 7.99. The maximum Gasteiger partial charge on any atom is 0.248 e. The number of rotatable bonds is 8. The zero-order chi connectivity index (χ0) is 24.1. The molecule has 34 heavy (non-hydrogen) atoms. The van der Waals surface area contributed by atoms with Crippen molar-refractivity contribution in [3.8, 4) is 17.1 Å². The number of nitrogens with zero attached hydrogens (tertiary/aromatic N) is 4. The van der Waals surface area contributed by atoms with Gasteiger partial charge in [-0.15, -0.1) is 10.2 Å². The van der Waals surface area contributed by atoms with Gasteiger partial charge < -0.3 is 11.1 Å². The van der Waals surface area contributed by atoms with E-state index in [9.17, 15) is 9.59 Å². The van der Waals surface area contributed by atoms with Crippen LogP contribution in [0.5, 0.6) is 0 Å². The first-order valence-corrected chi connectivity index (χ1v) is 11.7. The summed E-state index contributed by atoms with van der Waals surface area (Å²) in [6.07, 6.45) is 3.46. The molecule has 0 bridgehead atoms. The number of hydrogen-bond acceptors (Lipinski definition) is 6. The molecule has 0 aliphatic carbocycles. The number of thioether (sulfide) groups is 1. The van der Waals surface area contributed by atoms with Gasteiger partial charge in [-0.2, -0.15) is 0 Å². The van der Waals surface area contributed by atoms with Crippen LogP contribution >= 0.6 is 11.8 Å². The lowest BCUT2D eigenvalue weighted by Gasteiger charge is -2.16. The molecule has 0 unspecified atom stereocenters. The van der Waals surface area contributed by atoms with Crippen molar-refractivity contribution in [2.45, 2.75) is 24.9 Å². The molecule has 2 aromatic carbocycles. The van der Waals surface area contributed by atoms with Gasteiger partial charge in [-0.3, -0.25) is 19.1 Å². The molecule has 0 saturated carbocycles. The van der Waals surface area contributed by atoms with Crippen LogP contribution in [0.25, 0.3) is 17.1 Å². The molecular formula is C25H24N6O2S. The summed E-state index contributed by atoms with van der Waals surface area (Å²) in [5.41, 5.74) is 9.17. The zero-order valence-corrected chi connectivity index (χ0v) is 19.6. The standard InChI is InChI=1S/C25H24N6O2S/c1-16(2)20-7-3-4-8-21(20)31-24(18-6-5-13-27-14-18)29-30-25(31)34-15-22(32)28-19-11-9-17(10-12-19)23(26)33/h3-14,16H,15H2,1-2H3,(H2,26,33)(H,28,32). The number of nitrogens with one attached hydrogen (secondary N) is 1. The van der Waals surface area contributed by atoms with E-state index in [0.29, 0.717) is 22.2 Å². The summed E-state index contributed by atoms with van der Waals surface area (Å²) in [6, 6.07) is 18.3. The maximum atomic E-state index is 12.6. The minimum atomic E-state index is -0.515. The van der Waals surface area contributed by atoms with E-state index in [-0.39, 0.29) is 17.6 Å². The summed E-state index contributed by atoms with van der Waals surface area (Å²) in [4.78, 5) is 28.1. The van der Waals surface area contributed by atoms with Crippen molar-refractivity contribution in [2.75, 3.05) is 11.1 Å². The fraction of sp³-hybridized carbons (Fsp3) is 0.160. The Morgan fingerprint density at radius 3 is 2.47 bits per heavy atom. The van der Waals surface area contributed by atoms with Crippen molar-refractivity contribution in [3.63, 3.8) is 0 Å². The largest absolute Gasteiger partial charge is 0.366 e. The molecule has 2 heterocycles. The van der Waals surface area contributed by atoms with E-state index in [1.165, 1.54) is 11.8 Å². The van der Waals surface area contributed by atoms with Gasteiger partial charge in [0.05, 0.1) is 11.4 Å². The van der Waals surface area contributed by atoms with Crippen LogP contribution < -0.4 is 11.1 Å². The average Bonchev–Trinajstić information content (AvgIpc) is 3.27. The Kier molecular flexibility index (Phi) is 7.03. The topological polar surface area (TPSA) is 116 Å². The molecule has 0 atom stereocenters. The Hall–Kier alpha value is -3.98. The van der Waals surface area contributed by atoms with E-state index in [2.05, 4.69) is 40.4 Å². The molecule has 0 radical (unpaired) electrons. The quantitative estimate of drug-likeness (QED) is 0.370. The van der Waals surface area contributed by atoms with Gasteiger partial charge in [0.25, 0.3) is 0 Å². The van der Waals surface area contributed by atoms with Crippen LogP contribution in [-0.2, 0) is 4.79 Å². The second kappa shape index (κ2) is 10.3. The van der Waals surface area contributed by atoms with Crippen molar-refractivity contribution >= 4 is 29.3 Å². The number of amides is 2. The smallest absolute Gasteiger partial charge is 0.248 e. The van der Waals surface area contributed by atoms with Crippen molar-refractivity contribution in [1.82, 2.24) is 19.7 Å². The number of benzene rings is 2. The number of primary amides is 1. The third-order valence-electron chi connectivity index (χ3n) is 5.14. The number of anilines is 1. The van der Waals surface area contributed by atoms with Crippen LogP contribution in [0.3, 0.4) is 0 Å². The lowest BCUT2D eigenvalue weighted by Crippen LogP contribution is -2.15. The third kappa shape index (κ3) is 5.15. The van der Waals surface area contributed by atoms with Crippen molar-refractivity contribution in [3.05, 3.63) is 84.2 Å². The van der Waals surface area contributed by atoms with E-state index < -0.39 is 5.91 Å². The summed E-state index contributed by atoms with van der Waals surface area (Å²) in [6.45, 7) is 4.27. The van der Waals surface area contributed by atoms with Crippen LogP contribution in [0.15, 0.2) is 78.2 Å². The maximum absolute atomic E-state index is 12.6. The van der Waals surface area contributed by atoms with E-state index in [1.807, 2.05) is 34.9 Å². The lowest BCUT2D eigenvalue weighted by atomic mass is 10.0. The number of hydrogen-bond donors (Lipinski definition) is 2. The van der Waals surface area contributed by atoms with Crippen LogP contribution in [0.4, 0.5) is 5.69 Å². The number of carbonyl (C=O) groups is 2. The van der Waals surface area contributed by atoms with Gasteiger partial charge in [-0.1, -0.05) is 43.8 Å². The summed E-state index contributed by atoms with van der Waals surface area (Å²) in [7, 11) is 0. The number of carbonyl (C=O) groups excluding carboxylic acids is 2. The van der Waals surface area contributed by atoms with E-state index in [0.717, 1.165) is 16.8 Å². The molecule has 4 aromatic rings. The average molecular weight is 473 g/mol. The molecule has 2 aromatic heterocycles. The van der Waals surface area contributed by atoms with Gasteiger partial charge in [0.2, 0.25) is 11.8 Å². The first-order valence-electron chi connectivity index (χ1n) is 10.7. The van der Waals surface area contributed by atoms with Crippen LogP contribution in [0, 0.1) is 0 Å². The second-order valence-corrected chi connectivity index (χ2v) is 8.82. The number of para-hydroxylation sites is 1. The Morgan fingerprint density at radius 2 is 1.79 bits per heavy atom. The number of pyridine rings is 1. The Balaban J connectivity index is 1.60.